The zero-order valence-corrected chi connectivity index (χ0v) is 14.4. The van der Waals surface area contributed by atoms with Crippen LogP contribution in [-0.2, 0) is 6.54 Å². The zero-order valence-electron chi connectivity index (χ0n) is 14.4. The number of carbonyl (C=O) groups is 2. The van der Waals surface area contributed by atoms with Gasteiger partial charge in [-0.15, -0.1) is 0 Å². The maximum absolute atomic E-state index is 13.9. The Morgan fingerprint density at radius 2 is 2.07 bits per heavy atom. The molecule has 0 bridgehead atoms. The third-order valence-corrected chi connectivity index (χ3v) is 4.21. The van der Waals surface area contributed by atoms with Crippen molar-refractivity contribution in [1.29, 1.82) is 0 Å². The normalized spacial score (nSPS) is 10.9. The number of aldehydes is 1. The van der Waals surface area contributed by atoms with E-state index in [1.807, 2.05) is 0 Å². The number of halogens is 1. The van der Waals surface area contributed by atoms with E-state index >= 15 is 0 Å². The van der Waals surface area contributed by atoms with E-state index in [0.717, 1.165) is 12.1 Å². The number of nitrogens with one attached hydrogen (secondary N) is 1. The monoisotopic (exact) mass is 376 g/mol. The lowest BCUT2D eigenvalue weighted by Crippen LogP contribution is -2.27. The van der Waals surface area contributed by atoms with Crippen molar-refractivity contribution in [2.45, 2.75) is 6.54 Å². The van der Waals surface area contributed by atoms with Crippen LogP contribution in [0.4, 0.5) is 4.39 Å². The van der Waals surface area contributed by atoms with E-state index in [2.05, 4.69) is 15.3 Å². The Kier molecular flexibility index (Phi) is 4.36. The summed E-state index contributed by atoms with van der Waals surface area (Å²) < 4.78 is 15.3. The number of aromatic nitrogens is 3. The summed E-state index contributed by atoms with van der Waals surface area (Å²) in [6.45, 7) is 0.102. The number of fused-ring (bicyclic) bond motifs is 2. The quantitative estimate of drug-likeness (QED) is 0.551. The molecule has 0 radical (unpaired) electrons. The number of benzene rings is 1. The fourth-order valence-corrected chi connectivity index (χ4v) is 2.88. The lowest BCUT2D eigenvalue weighted by molar-refractivity contribution is 0.0945. The van der Waals surface area contributed by atoms with E-state index in [1.165, 1.54) is 16.7 Å². The van der Waals surface area contributed by atoms with Gasteiger partial charge in [0.05, 0.1) is 0 Å². The standard InChI is InChI=1S/C20H13FN4O3/c21-15-7-12(11-26)5-14-6-13(9-22-19(14)15)10-23-20(28)16-8-18(27)25-4-2-1-3-17(25)24-16/h1-9,11H,10H2,(H,23,28). The van der Waals surface area contributed by atoms with Crippen molar-refractivity contribution in [2.75, 3.05) is 0 Å². The molecule has 0 atom stereocenters. The largest absolute Gasteiger partial charge is 0.347 e. The first kappa shape index (κ1) is 17.5. The molecule has 0 spiro atoms. The van der Waals surface area contributed by atoms with Gasteiger partial charge in [0, 0.05) is 36.0 Å². The Morgan fingerprint density at radius 3 is 2.89 bits per heavy atom. The van der Waals surface area contributed by atoms with Gasteiger partial charge in [0.2, 0.25) is 0 Å². The molecule has 0 fully saturated rings. The summed E-state index contributed by atoms with van der Waals surface area (Å²) in [6.07, 6.45) is 3.57. The van der Waals surface area contributed by atoms with Gasteiger partial charge >= 0.3 is 0 Å². The van der Waals surface area contributed by atoms with Gasteiger partial charge in [-0.3, -0.25) is 23.8 Å². The first-order chi connectivity index (χ1) is 13.5. The number of amides is 1. The van der Waals surface area contributed by atoms with Crippen molar-refractivity contribution in [2.24, 2.45) is 0 Å². The van der Waals surface area contributed by atoms with Crippen LogP contribution in [0.3, 0.4) is 0 Å². The lowest BCUT2D eigenvalue weighted by atomic mass is 10.1. The molecule has 138 valence electrons. The van der Waals surface area contributed by atoms with Crippen LogP contribution in [0.15, 0.2) is 59.7 Å². The molecule has 8 heteroatoms. The van der Waals surface area contributed by atoms with Crippen LogP contribution in [0.5, 0.6) is 0 Å². The molecule has 1 N–H and O–H groups in total. The molecule has 0 aliphatic carbocycles. The lowest BCUT2D eigenvalue weighted by Gasteiger charge is -2.07. The highest BCUT2D eigenvalue weighted by atomic mass is 19.1. The number of nitrogens with zero attached hydrogens (tertiary/aromatic N) is 3. The number of hydrogen-bond acceptors (Lipinski definition) is 5. The summed E-state index contributed by atoms with van der Waals surface area (Å²) in [4.78, 5) is 43.6. The summed E-state index contributed by atoms with van der Waals surface area (Å²) in [5.41, 5.74) is 0.961. The van der Waals surface area contributed by atoms with Gasteiger partial charge in [-0.25, -0.2) is 9.37 Å². The van der Waals surface area contributed by atoms with Crippen LogP contribution in [0.25, 0.3) is 16.6 Å². The topological polar surface area (TPSA) is 93.4 Å². The number of hydrogen-bond donors (Lipinski definition) is 1. The first-order valence-corrected chi connectivity index (χ1v) is 8.35. The molecular formula is C20H13FN4O3. The van der Waals surface area contributed by atoms with Gasteiger partial charge in [-0.2, -0.15) is 0 Å². The van der Waals surface area contributed by atoms with Crippen molar-refractivity contribution >= 4 is 28.7 Å². The molecule has 1 amide bonds. The molecule has 0 aliphatic heterocycles. The molecule has 4 aromatic rings. The van der Waals surface area contributed by atoms with Gasteiger partial charge in [0.1, 0.15) is 29.0 Å². The van der Waals surface area contributed by atoms with E-state index in [9.17, 15) is 18.8 Å². The summed E-state index contributed by atoms with van der Waals surface area (Å²) in [5.74, 6) is -1.10. The smallest absolute Gasteiger partial charge is 0.270 e. The zero-order chi connectivity index (χ0) is 19.7. The number of carbonyl (C=O) groups excluding carboxylic acids is 2. The van der Waals surface area contributed by atoms with E-state index in [4.69, 9.17) is 0 Å². The fraction of sp³-hybridized carbons (Fsp3) is 0.0500. The Hall–Kier alpha value is -3.94. The highest BCUT2D eigenvalue weighted by Crippen LogP contribution is 2.18. The highest BCUT2D eigenvalue weighted by molar-refractivity contribution is 5.92. The predicted octanol–water partition coefficient (Wildman–Crippen LogP) is 2.12. The van der Waals surface area contributed by atoms with Crippen molar-refractivity contribution in [3.63, 3.8) is 0 Å². The Labute approximate surface area is 157 Å². The van der Waals surface area contributed by atoms with Crippen molar-refractivity contribution in [3.8, 4) is 0 Å². The van der Waals surface area contributed by atoms with Crippen LogP contribution < -0.4 is 10.9 Å². The van der Waals surface area contributed by atoms with Crippen molar-refractivity contribution in [1.82, 2.24) is 19.7 Å². The molecule has 3 aromatic heterocycles. The minimum atomic E-state index is -0.587. The predicted molar refractivity (Wildman–Crippen MR) is 99.7 cm³/mol. The minimum absolute atomic E-state index is 0.000709. The second-order valence-electron chi connectivity index (χ2n) is 6.13. The molecule has 3 heterocycles. The summed E-state index contributed by atoms with van der Waals surface area (Å²) in [5, 5.41) is 3.12. The molecule has 0 saturated carbocycles. The molecule has 7 nitrogen and oxygen atoms in total. The Balaban J connectivity index is 1.58. The first-order valence-electron chi connectivity index (χ1n) is 8.35. The van der Waals surface area contributed by atoms with Crippen molar-refractivity contribution in [3.05, 3.63) is 87.9 Å². The van der Waals surface area contributed by atoms with Gasteiger partial charge in [-0.1, -0.05) is 6.07 Å². The number of pyridine rings is 2. The average molecular weight is 376 g/mol. The van der Waals surface area contributed by atoms with Crippen LogP contribution >= 0.6 is 0 Å². The third-order valence-electron chi connectivity index (χ3n) is 4.21. The molecule has 28 heavy (non-hydrogen) atoms. The van der Waals surface area contributed by atoms with E-state index in [-0.39, 0.29) is 28.9 Å². The maximum atomic E-state index is 13.9. The molecule has 4 rings (SSSR count). The molecule has 0 unspecified atom stereocenters. The Bertz CT molecular complexity index is 1300. The molecule has 0 aliphatic rings. The summed E-state index contributed by atoms with van der Waals surface area (Å²) >= 11 is 0. The number of rotatable bonds is 4. The molecule has 0 saturated heterocycles. The van der Waals surface area contributed by atoms with E-state index in [0.29, 0.717) is 22.9 Å². The van der Waals surface area contributed by atoms with E-state index in [1.54, 1.807) is 30.5 Å². The second-order valence-corrected chi connectivity index (χ2v) is 6.13. The van der Waals surface area contributed by atoms with Crippen LogP contribution in [-0.4, -0.2) is 26.6 Å². The van der Waals surface area contributed by atoms with Crippen molar-refractivity contribution < 1.29 is 14.0 Å². The minimum Gasteiger partial charge on any atom is -0.347 e. The molecular weight excluding hydrogens is 363 g/mol. The van der Waals surface area contributed by atoms with Crippen LogP contribution in [0, 0.1) is 5.82 Å². The fourth-order valence-electron chi connectivity index (χ4n) is 2.88. The molecule has 1 aromatic carbocycles. The van der Waals surface area contributed by atoms with Gasteiger partial charge in [-0.05, 0) is 35.9 Å². The van der Waals surface area contributed by atoms with E-state index < -0.39 is 11.7 Å². The Morgan fingerprint density at radius 1 is 1.21 bits per heavy atom. The van der Waals surface area contributed by atoms with Gasteiger partial charge in [0.15, 0.2) is 0 Å². The SMILES string of the molecule is O=Cc1cc(F)c2ncc(CNC(=O)c3cc(=O)n4ccccc4n3)cc2c1. The van der Waals surface area contributed by atoms with Gasteiger partial charge < -0.3 is 5.32 Å². The van der Waals surface area contributed by atoms with Crippen LogP contribution in [0.2, 0.25) is 0 Å². The highest BCUT2D eigenvalue weighted by Gasteiger charge is 2.11. The second kappa shape index (κ2) is 6.99. The maximum Gasteiger partial charge on any atom is 0.270 e. The van der Waals surface area contributed by atoms with Gasteiger partial charge in [0.25, 0.3) is 11.5 Å². The summed E-state index contributed by atoms with van der Waals surface area (Å²) in [6, 6.07) is 10.5. The average Bonchev–Trinajstić information content (AvgIpc) is 2.71. The third kappa shape index (κ3) is 3.23. The van der Waals surface area contributed by atoms with Crippen LogP contribution in [0.1, 0.15) is 26.4 Å². The summed E-state index contributed by atoms with van der Waals surface area (Å²) in [7, 11) is 0.